The minimum Gasteiger partial charge on any atom is -0.483 e. The van der Waals surface area contributed by atoms with Gasteiger partial charge in [0.1, 0.15) is 17.2 Å². The smallest absolute Gasteiger partial charge is 0.226 e. The largest absolute Gasteiger partial charge is 0.483 e. The van der Waals surface area contributed by atoms with Crippen molar-refractivity contribution < 1.29 is 137 Å². The molecule has 3 fully saturated rings. The monoisotopic (exact) mass is 1150 g/mol. The van der Waals surface area contributed by atoms with Crippen LogP contribution in [-0.2, 0) is 117 Å². The fraction of sp³-hybridized carbons (Fsp3) is 0.273. The molecule has 0 bridgehead atoms. The van der Waals surface area contributed by atoms with Crippen molar-refractivity contribution in [1.82, 2.24) is 14.7 Å². The predicted molar refractivity (Wildman–Crippen MR) is 251 cm³/mol. The molecule has 10 rings (SSSR count). The van der Waals surface area contributed by atoms with E-state index in [1.807, 2.05) is 105 Å². The van der Waals surface area contributed by atoms with Gasteiger partial charge in [0, 0.05) is 167 Å². The molecule has 5 unspecified atom stereocenters. The van der Waals surface area contributed by atoms with Crippen LogP contribution in [0.1, 0.15) is 70.0 Å². The summed E-state index contributed by atoms with van der Waals surface area (Å²) < 4.78 is 17.9. The average Bonchev–Trinajstić information content (AvgIpc) is 3.80. The number of aliphatic hydroxyl groups excluding tert-OH is 1. The number of likely N-dealkylation sites (tertiary alicyclic amines) is 3. The summed E-state index contributed by atoms with van der Waals surface area (Å²) in [6, 6.07) is 46.4. The number of carbonyl (C=O) groups excluding carboxylic acids is 4. The van der Waals surface area contributed by atoms with Crippen LogP contribution in [0.3, 0.4) is 0 Å². The number of aryl methyl sites for hydroxylation is 3. The number of ether oxygens (including phenoxy) is 3. The Labute approximate surface area is 481 Å². The summed E-state index contributed by atoms with van der Waals surface area (Å²) in [5.74, 6) is 2.47. The third kappa shape index (κ3) is 12.9. The third-order valence-corrected chi connectivity index (χ3v) is 12.2. The second kappa shape index (κ2) is 25.5. The summed E-state index contributed by atoms with van der Waals surface area (Å²) in [5.41, 5.74) is 6.80. The van der Waals surface area contributed by atoms with Gasteiger partial charge < -0.3 is 34.0 Å². The predicted octanol–water partition coefficient (Wildman–Crippen LogP) is 9.09. The first-order valence-electron chi connectivity index (χ1n) is 21.5. The summed E-state index contributed by atoms with van der Waals surface area (Å²) >= 11 is 0. The van der Waals surface area contributed by atoms with Crippen LogP contribution < -0.4 is 14.2 Å². The van der Waals surface area contributed by atoms with Crippen molar-refractivity contribution in [3.8, 4) is 34.5 Å². The van der Waals surface area contributed by atoms with E-state index in [4.69, 9.17) is 14.2 Å². The second-order valence-electron chi connectivity index (χ2n) is 17.0. The van der Waals surface area contributed by atoms with Crippen molar-refractivity contribution in [2.45, 2.75) is 58.0 Å². The van der Waals surface area contributed by atoms with Crippen LogP contribution in [0.5, 0.6) is 34.5 Å². The summed E-state index contributed by atoms with van der Waals surface area (Å²) in [5, 5.41) is 10.2. The van der Waals surface area contributed by atoms with Crippen LogP contribution in [0.25, 0.3) is 0 Å². The number of Topliss-reactive ketones (excluding diaryl/α,β-unsaturated/α-hetero) is 1. The number of carbonyl (C=O) groups is 4. The molecule has 3 amide bonds. The SMILES string of the molecule is C.Cc1ccc(Oc2cc[c-]cc2C2C(=O)CN(C)C2=O)cc1.Cc1ccc(Oc2cc[c-]cc2C2C(=O)N(C)CC2O)cc1.Cc1ccc2c(c1)C1CN(C)C(=O)C1c1c[c-]ccc1O2.[Y].[Y].[Y]. The van der Waals surface area contributed by atoms with Crippen LogP contribution in [0.2, 0.25) is 0 Å². The second-order valence-corrected chi connectivity index (χ2v) is 17.0. The number of aliphatic hydroxyl groups is 1. The van der Waals surface area contributed by atoms with Gasteiger partial charge in [0.2, 0.25) is 17.7 Å². The summed E-state index contributed by atoms with van der Waals surface area (Å²) in [6.45, 7) is 7.29. The van der Waals surface area contributed by atoms with Crippen molar-refractivity contribution >= 4 is 23.5 Å². The molecule has 4 aliphatic rings. The van der Waals surface area contributed by atoms with E-state index in [0.29, 0.717) is 40.7 Å². The summed E-state index contributed by atoms with van der Waals surface area (Å²) in [6.07, 6.45) is -0.728. The first-order chi connectivity index (χ1) is 31.3. The molecule has 0 spiro atoms. The Bertz CT molecular complexity index is 2750. The van der Waals surface area contributed by atoms with Crippen LogP contribution in [0, 0.1) is 39.0 Å². The molecular formula is C55H54N3O8Y3-3. The number of fused-ring (bicyclic) bond motifs is 5. The van der Waals surface area contributed by atoms with E-state index in [0.717, 1.165) is 40.3 Å². The van der Waals surface area contributed by atoms with Crippen molar-refractivity contribution in [3.63, 3.8) is 0 Å². The Morgan fingerprint density at radius 2 is 1.03 bits per heavy atom. The van der Waals surface area contributed by atoms with Gasteiger partial charge in [-0.25, -0.2) is 0 Å². The zero-order valence-electron chi connectivity index (χ0n) is 38.9. The maximum Gasteiger partial charge on any atom is 0.226 e. The van der Waals surface area contributed by atoms with Crippen molar-refractivity contribution in [3.05, 3.63) is 178 Å². The molecule has 4 heterocycles. The molecule has 5 atom stereocenters. The quantitative estimate of drug-likeness (QED) is 0.129. The Morgan fingerprint density at radius 1 is 0.551 bits per heavy atom. The van der Waals surface area contributed by atoms with Gasteiger partial charge in [0.05, 0.1) is 18.6 Å². The molecule has 0 aromatic heterocycles. The molecule has 6 aromatic carbocycles. The Kier molecular flexibility index (Phi) is 21.3. The topological polar surface area (TPSA) is 126 Å². The molecule has 69 heavy (non-hydrogen) atoms. The fourth-order valence-electron chi connectivity index (χ4n) is 8.73. The number of hydrogen-bond acceptors (Lipinski definition) is 8. The molecular weight excluding hydrogens is 1100 g/mol. The van der Waals surface area contributed by atoms with E-state index in [1.54, 1.807) is 50.5 Å². The molecule has 3 radical (unpaired) electrons. The summed E-state index contributed by atoms with van der Waals surface area (Å²) in [4.78, 5) is 54.0. The molecule has 6 aromatic rings. The normalized spacial score (nSPS) is 19.5. The summed E-state index contributed by atoms with van der Waals surface area (Å²) in [7, 11) is 5.20. The fourth-order valence-corrected chi connectivity index (χ4v) is 8.73. The molecule has 1 N–H and O–H groups in total. The van der Waals surface area contributed by atoms with Crippen LogP contribution >= 0.6 is 0 Å². The van der Waals surface area contributed by atoms with E-state index in [-0.39, 0.29) is 147 Å². The molecule has 349 valence electrons. The van der Waals surface area contributed by atoms with Gasteiger partial charge >= 0.3 is 0 Å². The minimum atomic E-state index is -0.789. The molecule has 4 aliphatic heterocycles. The van der Waals surface area contributed by atoms with Gasteiger partial charge in [-0.05, 0) is 56.7 Å². The van der Waals surface area contributed by atoms with Gasteiger partial charge in [-0.1, -0.05) is 71.6 Å². The van der Waals surface area contributed by atoms with E-state index >= 15 is 0 Å². The van der Waals surface area contributed by atoms with Gasteiger partial charge in [-0.15, -0.1) is 23.8 Å². The van der Waals surface area contributed by atoms with Crippen LogP contribution in [-0.4, -0.2) is 90.2 Å². The number of rotatable bonds is 6. The molecule has 3 saturated heterocycles. The molecule has 0 aliphatic carbocycles. The van der Waals surface area contributed by atoms with E-state index in [9.17, 15) is 24.3 Å². The molecule has 11 nitrogen and oxygen atoms in total. The van der Waals surface area contributed by atoms with Crippen molar-refractivity contribution in [2.24, 2.45) is 0 Å². The van der Waals surface area contributed by atoms with Gasteiger partial charge in [-0.2, -0.15) is 54.6 Å². The molecule has 14 heteroatoms. The zero-order valence-corrected chi connectivity index (χ0v) is 47.4. The van der Waals surface area contributed by atoms with E-state index in [1.165, 1.54) is 15.4 Å². The zero-order chi connectivity index (χ0) is 45.9. The number of benzene rings is 6. The Balaban J connectivity index is 0.000000219. The van der Waals surface area contributed by atoms with Gasteiger partial charge in [0.25, 0.3) is 0 Å². The minimum absolute atomic E-state index is 0. The Hall–Kier alpha value is -3.93. The van der Waals surface area contributed by atoms with Gasteiger partial charge in [-0.3, -0.25) is 19.2 Å². The number of likely N-dealkylation sites (N-methyl/N-ethyl adjacent to an activating group) is 3. The van der Waals surface area contributed by atoms with Gasteiger partial charge in [0.15, 0.2) is 5.78 Å². The first-order valence-corrected chi connectivity index (χ1v) is 21.5. The number of amides is 3. The average molecular weight is 1150 g/mol. The number of hydrogen-bond donors (Lipinski definition) is 1. The maximum absolute atomic E-state index is 12.6. The van der Waals surface area contributed by atoms with Crippen LogP contribution in [0.15, 0.2) is 121 Å². The molecule has 0 saturated carbocycles. The number of nitrogens with zero attached hydrogens (tertiary/aromatic N) is 3. The third-order valence-electron chi connectivity index (χ3n) is 12.2. The van der Waals surface area contributed by atoms with Crippen molar-refractivity contribution in [1.29, 1.82) is 0 Å². The Morgan fingerprint density at radius 3 is 1.57 bits per heavy atom. The van der Waals surface area contributed by atoms with E-state index in [2.05, 4.69) is 31.2 Å². The number of β-amino-alcohol motifs (C(OH)–C–C–N with tert-alkyl or cyclic N) is 1. The van der Waals surface area contributed by atoms with Crippen LogP contribution in [0.4, 0.5) is 0 Å². The van der Waals surface area contributed by atoms with Crippen molar-refractivity contribution in [2.75, 3.05) is 40.8 Å². The van der Waals surface area contributed by atoms with E-state index < -0.39 is 17.9 Å². The number of ketones is 1. The first kappa shape index (κ1) is 57.6. The standard InChI is InChI=1S/C18H18NO3.C18H16NO3.C18H16NO2.CH4.3Y/c2*1-12-7-9-13(10-8-12)22-16-6-4-3-5-14(16)17-15(20)11-19(2)18(17)21;1-11-7-8-16-13(9-11)14-10-19(2)18(20)17(14)12-5-3-4-6-15(12)21-16;;;;/h4-10,15,17,20H,11H2,1-2H3;4-10,17H,11H2,1-2H3;4-9,14,17H,10H2,1-2H3;1H4;;;/q3*-1;;;;. The maximum atomic E-state index is 12.6.